The summed E-state index contributed by atoms with van der Waals surface area (Å²) in [5.41, 5.74) is -8.51. The number of oxazole rings is 2. The third kappa shape index (κ3) is 5.83. The molecule has 6 aromatic rings. The van der Waals surface area contributed by atoms with Crippen molar-refractivity contribution in [3.8, 4) is 35.2 Å². The summed E-state index contributed by atoms with van der Waals surface area (Å²) in [7, 11) is 2.52. The highest BCUT2D eigenvalue weighted by atomic mass is 19.4. The average molecular weight is 719 g/mol. The highest BCUT2D eigenvalue weighted by Crippen LogP contribution is 2.57. The van der Waals surface area contributed by atoms with Crippen LogP contribution < -0.4 is 18.9 Å². The second kappa shape index (κ2) is 12.5. The van der Waals surface area contributed by atoms with Gasteiger partial charge in [-0.25, -0.2) is 9.59 Å². The second-order valence-corrected chi connectivity index (χ2v) is 10.6. The molecule has 18 heteroatoms. The van der Waals surface area contributed by atoms with Crippen LogP contribution in [0.15, 0.2) is 81.6 Å². The number of carboxylic acids is 2. The number of methoxy groups -OCH3 is 2. The van der Waals surface area contributed by atoms with Gasteiger partial charge in [0.1, 0.15) is 22.5 Å². The lowest BCUT2D eigenvalue weighted by molar-refractivity contribution is -0.288. The minimum Gasteiger partial charge on any atom is -0.493 e. The van der Waals surface area contributed by atoms with Gasteiger partial charge in [0.15, 0.2) is 11.5 Å². The molecule has 0 atom stereocenters. The first kappa shape index (κ1) is 34.4. The lowest BCUT2D eigenvalue weighted by Crippen LogP contribution is -2.54. The standard InChI is InChI=1S/C33H20F6N2O10/c1-46-21-12-10-19(27(42)43)23-25(21)50-29(40-23)48-17-8-6-15(7-9-17)31(32(34,35)36,33(37,38)39)16-4-3-5-18(14-16)49-30-41-24-20(28(44)45)11-13-22(47-2)26(24)51-30/h3-14H,1-2H3,(H,42,43)(H,44,45). The van der Waals surface area contributed by atoms with Crippen LogP contribution in [0.1, 0.15) is 31.8 Å². The van der Waals surface area contributed by atoms with Crippen LogP contribution in [0.25, 0.3) is 22.2 Å². The number of alkyl halides is 6. The molecule has 0 fully saturated rings. The largest absolute Gasteiger partial charge is 0.493 e. The van der Waals surface area contributed by atoms with Gasteiger partial charge in [-0.3, -0.25) is 0 Å². The second-order valence-electron chi connectivity index (χ2n) is 10.6. The predicted octanol–water partition coefficient (Wildman–Crippen LogP) is 8.38. The summed E-state index contributed by atoms with van der Waals surface area (Å²) in [6.07, 6.45) is -13.2. The van der Waals surface area contributed by atoms with E-state index in [1.165, 1.54) is 32.4 Å². The number of aromatic carboxylic acids is 2. The van der Waals surface area contributed by atoms with Gasteiger partial charge < -0.3 is 38.0 Å². The molecule has 2 N–H and O–H groups in total. The van der Waals surface area contributed by atoms with Crippen molar-refractivity contribution in [1.82, 2.24) is 9.97 Å². The fourth-order valence-electron chi connectivity index (χ4n) is 5.43. The molecular formula is C33H20F6N2O10. The Morgan fingerprint density at radius 2 is 1.10 bits per heavy atom. The van der Waals surface area contributed by atoms with E-state index in [0.717, 1.165) is 30.3 Å². The van der Waals surface area contributed by atoms with E-state index in [4.69, 9.17) is 27.8 Å². The van der Waals surface area contributed by atoms with E-state index < -0.39 is 58.7 Å². The maximum atomic E-state index is 14.9. The summed E-state index contributed by atoms with van der Waals surface area (Å²) >= 11 is 0. The van der Waals surface area contributed by atoms with Gasteiger partial charge in [0.2, 0.25) is 16.6 Å². The van der Waals surface area contributed by atoms with E-state index in [9.17, 15) is 46.1 Å². The number of carbonyl (C=O) groups is 2. The number of aromatic nitrogens is 2. The Labute approximate surface area is 280 Å². The fraction of sp³-hybridized carbons (Fsp3) is 0.152. The number of nitrogens with zero attached hydrogens (tertiary/aromatic N) is 2. The molecule has 0 amide bonds. The SMILES string of the molecule is COc1ccc(C(=O)O)c2nc(Oc3ccc(C(c4cccc(Oc5nc6c(C(=O)O)ccc(OC)c6o5)c4)(C(F)(F)F)C(F)(F)F)cc3)oc12. The van der Waals surface area contributed by atoms with Crippen molar-refractivity contribution in [1.29, 1.82) is 0 Å². The summed E-state index contributed by atoms with van der Waals surface area (Å²) < 4.78 is 121. The van der Waals surface area contributed by atoms with Gasteiger partial charge in [0.25, 0.3) is 0 Å². The van der Waals surface area contributed by atoms with E-state index in [0.29, 0.717) is 24.3 Å². The minimum absolute atomic E-state index is 0.0347. The van der Waals surface area contributed by atoms with E-state index in [2.05, 4.69) is 9.97 Å². The molecule has 0 aliphatic carbocycles. The topological polar surface area (TPSA) is 164 Å². The van der Waals surface area contributed by atoms with Crippen molar-refractivity contribution in [2.45, 2.75) is 17.8 Å². The summed E-state index contributed by atoms with van der Waals surface area (Å²) in [6, 6.07) is 10.7. The molecule has 0 radical (unpaired) electrons. The highest BCUT2D eigenvalue weighted by Gasteiger charge is 2.72. The third-order valence-electron chi connectivity index (χ3n) is 7.69. The molecule has 0 saturated carbocycles. The van der Waals surface area contributed by atoms with Crippen LogP contribution in [0.3, 0.4) is 0 Å². The number of halogens is 6. The smallest absolute Gasteiger partial charge is 0.411 e. The highest BCUT2D eigenvalue weighted by molar-refractivity contribution is 6.03. The molecule has 0 unspecified atom stereocenters. The van der Waals surface area contributed by atoms with Crippen LogP contribution in [-0.4, -0.2) is 58.7 Å². The van der Waals surface area contributed by atoms with Gasteiger partial charge in [-0.2, -0.15) is 36.3 Å². The molecule has 0 spiro atoms. The molecule has 51 heavy (non-hydrogen) atoms. The number of fused-ring (bicyclic) bond motifs is 2. The van der Waals surface area contributed by atoms with Gasteiger partial charge in [-0.05, 0) is 59.7 Å². The van der Waals surface area contributed by atoms with Gasteiger partial charge in [0, 0.05) is 0 Å². The number of hydrogen-bond acceptors (Lipinski definition) is 10. The zero-order valence-electron chi connectivity index (χ0n) is 25.8. The van der Waals surface area contributed by atoms with Crippen molar-refractivity contribution in [3.63, 3.8) is 0 Å². The molecule has 0 aliphatic rings. The molecule has 6 rings (SSSR count). The summed E-state index contributed by atoms with van der Waals surface area (Å²) in [5.74, 6) is -3.50. The van der Waals surface area contributed by atoms with Crippen LogP contribution in [0.4, 0.5) is 26.3 Å². The number of rotatable bonds is 10. The third-order valence-corrected chi connectivity index (χ3v) is 7.69. The lowest BCUT2D eigenvalue weighted by Gasteiger charge is -2.38. The zero-order chi connectivity index (χ0) is 36.9. The van der Waals surface area contributed by atoms with Crippen LogP contribution in [-0.2, 0) is 5.41 Å². The van der Waals surface area contributed by atoms with Crippen LogP contribution >= 0.6 is 0 Å². The normalized spacial score (nSPS) is 12.2. The zero-order valence-corrected chi connectivity index (χ0v) is 25.8. The summed E-state index contributed by atoms with van der Waals surface area (Å²) in [4.78, 5) is 31.1. The van der Waals surface area contributed by atoms with E-state index in [1.54, 1.807) is 0 Å². The number of ether oxygens (including phenoxy) is 4. The Morgan fingerprint density at radius 3 is 1.53 bits per heavy atom. The quantitative estimate of drug-likeness (QED) is 0.130. The van der Waals surface area contributed by atoms with E-state index >= 15 is 0 Å². The first-order valence-corrected chi connectivity index (χ1v) is 14.2. The van der Waals surface area contributed by atoms with E-state index in [-0.39, 0.29) is 50.6 Å². The summed E-state index contributed by atoms with van der Waals surface area (Å²) in [5, 5.41) is 18.9. The fourth-order valence-corrected chi connectivity index (χ4v) is 5.43. The molecule has 0 bridgehead atoms. The molecule has 2 aromatic heterocycles. The molecule has 2 heterocycles. The number of hydrogen-bond donors (Lipinski definition) is 2. The monoisotopic (exact) mass is 718 g/mol. The number of benzene rings is 4. The van der Waals surface area contributed by atoms with Crippen molar-refractivity contribution >= 4 is 34.1 Å². The first-order valence-electron chi connectivity index (χ1n) is 14.2. The Hall–Kier alpha value is -6.46. The van der Waals surface area contributed by atoms with Gasteiger partial charge in [-0.1, -0.05) is 24.3 Å². The van der Waals surface area contributed by atoms with Crippen molar-refractivity contribution in [2.75, 3.05) is 14.2 Å². The Balaban J connectivity index is 1.38. The Kier molecular flexibility index (Phi) is 8.40. The Morgan fingerprint density at radius 1 is 0.627 bits per heavy atom. The maximum absolute atomic E-state index is 14.9. The lowest BCUT2D eigenvalue weighted by atomic mass is 9.73. The average Bonchev–Trinajstić information content (AvgIpc) is 3.67. The van der Waals surface area contributed by atoms with Crippen molar-refractivity contribution < 1.29 is 73.9 Å². The van der Waals surface area contributed by atoms with Crippen LogP contribution in [0.2, 0.25) is 0 Å². The van der Waals surface area contributed by atoms with Crippen molar-refractivity contribution in [2.24, 2.45) is 0 Å². The molecule has 264 valence electrons. The van der Waals surface area contributed by atoms with E-state index in [1.807, 2.05) is 0 Å². The van der Waals surface area contributed by atoms with Gasteiger partial charge in [-0.15, -0.1) is 0 Å². The minimum atomic E-state index is -5.97. The first-order chi connectivity index (χ1) is 24.1. The Bertz CT molecular complexity index is 2280. The molecular weight excluding hydrogens is 698 g/mol. The summed E-state index contributed by atoms with van der Waals surface area (Å²) in [6.45, 7) is 0. The number of carboxylic acid groups (broad SMARTS) is 2. The maximum Gasteiger partial charge on any atom is 0.411 e. The predicted molar refractivity (Wildman–Crippen MR) is 161 cm³/mol. The van der Waals surface area contributed by atoms with Gasteiger partial charge >= 0.3 is 36.4 Å². The molecule has 0 saturated heterocycles. The van der Waals surface area contributed by atoms with Crippen molar-refractivity contribution in [3.05, 3.63) is 95.1 Å². The molecule has 4 aromatic carbocycles. The molecule has 0 aliphatic heterocycles. The molecule has 12 nitrogen and oxygen atoms in total. The van der Waals surface area contributed by atoms with Gasteiger partial charge in [0.05, 0.1) is 25.3 Å². The van der Waals surface area contributed by atoms with Crippen LogP contribution in [0.5, 0.6) is 35.2 Å². The van der Waals surface area contributed by atoms with Crippen LogP contribution in [0, 0.1) is 0 Å².